The van der Waals surface area contributed by atoms with Crippen molar-refractivity contribution in [3.8, 4) is 11.3 Å². The lowest BCUT2D eigenvalue weighted by atomic mass is 10.0. The van der Waals surface area contributed by atoms with E-state index in [1.807, 2.05) is 43.3 Å². The van der Waals surface area contributed by atoms with E-state index in [-0.39, 0.29) is 29.1 Å². The fourth-order valence-electron chi connectivity index (χ4n) is 3.27. The number of aliphatic imine (C=N–C) groups is 1. The molecule has 1 atom stereocenters. The minimum Gasteiger partial charge on any atom is -0.387 e. The monoisotopic (exact) mass is 449 g/mol. The molecule has 4 rings (SSSR count). The maximum absolute atomic E-state index is 12.6. The first-order valence-corrected chi connectivity index (χ1v) is 10.0. The standard InChI is InChI=1S/C21H20ClN9O/c1-11(28-20-17(19(24)26-10-27-20)21(32)29-12(2)23)14-8-16-25-9-15(22)31(16)30-18(14)13-6-4-3-5-7-13/h3-11H,1-2H3,(H2,23,29,32)(H3,24,26,27,28)/t11-/m0/s1. The molecule has 3 heterocycles. The van der Waals surface area contributed by atoms with Crippen molar-refractivity contribution in [3.05, 3.63) is 65.2 Å². The van der Waals surface area contributed by atoms with Gasteiger partial charge in [0.1, 0.15) is 29.4 Å². The number of carbonyl (C=O) groups is 1. The molecular formula is C21H20ClN9O. The van der Waals surface area contributed by atoms with E-state index in [4.69, 9.17) is 28.2 Å². The van der Waals surface area contributed by atoms with Gasteiger partial charge in [0.2, 0.25) is 0 Å². The van der Waals surface area contributed by atoms with Crippen molar-refractivity contribution in [2.24, 2.45) is 10.7 Å². The van der Waals surface area contributed by atoms with E-state index in [2.05, 4.69) is 25.3 Å². The van der Waals surface area contributed by atoms with Gasteiger partial charge in [0.15, 0.2) is 10.8 Å². The summed E-state index contributed by atoms with van der Waals surface area (Å²) in [4.78, 5) is 28.8. The van der Waals surface area contributed by atoms with Crippen LogP contribution in [0.5, 0.6) is 0 Å². The van der Waals surface area contributed by atoms with Crippen molar-refractivity contribution in [2.45, 2.75) is 19.9 Å². The van der Waals surface area contributed by atoms with Crippen LogP contribution in [0.15, 0.2) is 53.9 Å². The SMILES string of the molecule is CC(N)=NC(=O)c1c(N)ncnc1N[C@@H](C)c1cc2ncc(Cl)n2nc1-c1ccccc1. The number of hydrogen-bond donors (Lipinski definition) is 3. The number of aromatic nitrogens is 5. The normalized spacial score (nSPS) is 12.7. The molecule has 0 fully saturated rings. The zero-order valence-electron chi connectivity index (χ0n) is 17.3. The van der Waals surface area contributed by atoms with Crippen LogP contribution in [0.1, 0.15) is 35.8 Å². The molecule has 0 saturated heterocycles. The van der Waals surface area contributed by atoms with Gasteiger partial charge in [0, 0.05) is 11.1 Å². The second-order valence-electron chi connectivity index (χ2n) is 7.07. The van der Waals surface area contributed by atoms with Gasteiger partial charge < -0.3 is 16.8 Å². The third-order valence-corrected chi connectivity index (χ3v) is 4.97. The van der Waals surface area contributed by atoms with E-state index >= 15 is 0 Å². The van der Waals surface area contributed by atoms with E-state index in [0.29, 0.717) is 16.5 Å². The smallest absolute Gasteiger partial charge is 0.286 e. The molecule has 1 amide bonds. The van der Waals surface area contributed by atoms with Crippen LogP contribution in [0, 0.1) is 0 Å². The predicted molar refractivity (Wildman–Crippen MR) is 124 cm³/mol. The highest BCUT2D eigenvalue weighted by Gasteiger charge is 2.22. The molecule has 0 bridgehead atoms. The van der Waals surface area contributed by atoms with E-state index in [9.17, 15) is 4.79 Å². The van der Waals surface area contributed by atoms with Crippen LogP contribution in [0.4, 0.5) is 11.6 Å². The van der Waals surface area contributed by atoms with E-state index < -0.39 is 5.91 Å². The van der Waals surface area contributed by atoms with Crippen molar-refractivity contribution in [2.75, 3.05) is 11.1 Å². The molecule has 10 nitrogen and oxygen atoms in total. The number of amides is 1. The fourth-order valence-corrected chi connectivity index (χ4v) is 3.44. The Bertz CT molecular complexity index is 1330. The molecule has 5 N–H and O–H groups in total. The Morgan fingerprint density at radius 1 is 1.22 bits per heavy atom. The highest BCUT2D eigenvalue weighted by molar-refractivity contribution is 6.29. The minimum atomic E-state index is -0.630. The second-order valence-corrected chi connectivity index (χ2v) is 7.46. The first-order chi connectivity index (χ1) is 15.3. The number of carbonyl (C=O) groups excluding carboxylic acids is 1. The Morgan fingerprint density at radius 2 is 1.97 bits per heavy atom. The largest absolute Gasteiger partial charge is 0.387 e. The quantitative estimate of drug-likeness (QED) is 0.310. The summed E-state index contributed by atoms with van der Waals surface area (Å²) in [6.07, 6.45) is 2.81. The minimum absolute atomic E-state index is 0.00148. The van der Waals surface area contributed by atoms with Crippen LogP contribution in [-0.4, -0.2) is 36.3 Å². The molecule has 0 unspecified atom stereocenters. The highest BCUT2D eigenvalue weighted by Crippen LogP contribution is 2.31. The van der Waals surface area contributed by atoms with Crippen LogP contribution in [0.2, 0.25) is 5.15 Å². The third kappa shape index (κ3) is 4.08. The Balaban J connectivity index is 1.81. The van der Waals surface area contributed by atoms with Gasteiger partial charge in [0.25, 0.3) is 5.91 Å². The average molecular weight is 450 g/mol. The summed E-state index contributed by atoms with van der Waals surface area (Å²) in [5, 5.41) is 8.33. The van der Waals surface area contributed by atoms with Gasteiger partial charge in [-0.25, -0.2) is 19.5 Å². The molecule has 0 aliphatic rings. The van der Waals surface area contributed by atoms with E-state index in [1.54, 1.807) is 4.52 Å². The molecular weight excluding hydrogens is 430 g/mol. The number of anilines is 2. The zero-order valence-corrected chi connectivity index (χ0v) is 18.1. The first-order valence-electron chi connectivity index (χ1n) is 9.67. The van der Waals surface area contributed by atoms with Crippen molar-refractivity contribution < 1.29 is 4.79 Å². The highest BCUT2D eigenvalue weighted by atomic mass is 35.5. The number of fused-ring (bicyclic) bond motifs is 1. The Hall–Kier alpha value is -4.05. The Morgan fingerprint density at radius 3 is 2.69 bits per heavy atom. The summed E-state index contributed by atoms with van der Waals surface area (Å²) in [5.74, 6) is -0.286. The van der Waals surface area contributed by atoms with Crippen LogP contribution in [0.25, 0.3) is 16.9 Å². The van der Waals surface area contributed by atoms with Gasteiger partial charge in [-0.2, -0.15) is 10.1 Å². The van der Waals surface area contributed by atoms with Gasteiger partial charge in [-0.3, -0.25) is 4.79 Å². The van der Waals surface area contributed by atoms with Gasteiger partial charge in [-0.1, -0.05) is 41.9 Å². The lowest BCUT2D eigenvalue weighted by Gasteiger charge is -2.20. The predicted octanol–water partition coefficient (Wildman–Crippen LogP) is 3.11. The summed E-state index contributed by atoms with van der Waals surface area (Å²) in [5.41, 5.74) is 14.5. The number of imidazole rings is 1. The number of nitrogens with one attached hydrogen (secondary N) is 1. The molecule has 4 aromatic rings. The van der Waals surface area contributed by atoms with Gasteiger partial charge >= 0.3 is 0 Å². The Labute approximate surface area is 188 Å². The van der Waals surface area contributed by atoms with Gasteiger partial charge in [-0.15, -0.1) is 0 Å². The average Bonchev–Trinajstić information content (AvgIpc) is 3.13. The molecule has 0 aliphatic heterocycles. The molecule has 162 valence electrons. The molecule has 0 spiro atoms. The number of nitrogen functional groups attached to an aromatic ring is 1. The summed E-state index contributed by atoms with van der Waals surface area (Å²) in [6, 6.07) is 11.2. The lowest BCUT2D eigenvalue weighted by molar-refractivity contribution is 0.100. The van der Waals surface area contributed by atoms with Crippen LogP contribution < -0.4 is 16.8 Å². The third-order valence-electron chi connectivity index (χ3n) is 4.72. The second kappa shape index (κ2) is 8.60. The maximum atomic E-state index is 12.6. The van der Waals surface area contributed by atoms with Crippen LogP contribution in [-0.2, 0) is 0 Å². The van der Waals surface area contributed by atoms with Gasteiger partial charge in [0.05, 0.1) is 17.9 Å². The summed E-state index contributed by atoms with van der Waals surface area (Å²) in [6.45, 7) is 3.42. The van der Waals surface area contributed by atoms with Crippen LogP contribution in [0.3, 0.4) is 0 Å². The molecule has 0 saturated carbocycles. The molecule has 0 radical (unpaired) electrons. The number of amidine groups is 1. The number of halogens is 1. The molecule has 11 heteroatoms. The topological polar surface area (TPSA) is 149 Å². The van der Waals surface area contributed by atoms with E-state index in [1.165, 1.54) is 19.4 Å². The summed E-state index contributed by atoms with van der Waals surface area (Å²) in [7, 11) is 0. The molecule has 3 aromatic heterocycles. The first kappa shape index (κ1) is 21.2. The molecule has 0 aliphatic carbocycles. The molecule has 32 heavy (non-hydrogen) atoms. The summed E-state index contributed by atoms with van der Waals surface area (Å²) >= 11 is 6.24. The number of benzene rings is 1. The molecule has 1 aromatic carbocycles. The van der Waals surface area contributed by atoms with Crippen LogP contribution >= 0.6 is 11.6 Å². The number of nitrogens with zero attached hydrogens (tertiary/aromatic N) is 6. The Kier molecular flexibility index (Phi) is 5.69. The lowest BCUT2D eigenvalue weighted by Crippen LogP contribution is -2.17. The number of rotatable bonds is 5. The van der Waals surface area contributed by atoms with E-state index in [0.717, 1.165) is 11.1 Å². The fraction of sp³-hybridized carbons (Fsp3) is 0.143. The summed E-state index contributed by atoms with van der Waals surface area (Å²) < 4.78 is 1.57. The zero-order chi connectivity index (χ0) is 22.8. The van der Waals surface area contributed by atoms with Crippen molar-refractivity contribution >= 4 is 40.6 Å². The number of nitrogens with two attached hydrogens (primary N) is 2. The van der Waals surface area contributed by atoms with Crippen molar-refractivity contribution in [3.63, 3.8) is 0 Å². The number of hydrogen-bond acceptors (Lipinski definition) is 7. The van der Waals surface area contributed by atoms with Crippen molar-refractivity contribution in [1.29, 1.82) is 0 Å². The maximum Gasteiger partial charge on any atom is 0.286 e. The van der Waals surface area contributed by atoms with Gasteiger partial charge in [-0.05, 0) is 19.9 Å². The van der Waals surface area contributed by atoms with Crippen molar-refractivity contribution in [1.82, 2.24) is 24.6 Å².